The van der Waals surface area contributed by atoms with Crippen LogP contribution >= 0.6 is 0 Å². The molecule has 0 aliphatic heterocycles. The van der Waals surface area contributed by atoms with Crippen molar-refractivity contribution in [1.82, 2.24) is 0 Å². The van der Waals surface area contributed by atoms with Crippen molar-refractivity contribution in [3.63, 3.8) is 0 Å². The summed E-state index contributed by atoms with van der Waals surface area (Å²) >= 11 is 0. The maximum atomic E-state index is 13.0. The zero-order valence-corrected chi connectivity index (χ0v) is 8.87. The van der Waals surface area contributed by atoms with Gasteiger partial charge in [-0.25, -0.2) is 4.39 Å². The fourth-order valence-electron chi connectivity index (χ4n) is 1.18. The summed E-state index contributed by atoms with van der Waals surface area (Å²) < 4.78 is 13.0. The van der Waals surface area contributed by atoms with Gasteiger partial charge >= 0.3 is 0 Å². The molecule has 0 aliphatic rings. The molecule has 5 heteroatoms. The van der Waals surface area contributed by atoms with E-state index in [1.165, 1.54) is 12.1 Å². The van der Waals surface area contributed by atoms with Crippen LogP contribution in [0.25, 0.3) is 0 Å². The highest BCUT2D eigenvalue weighted by Crippen LogP contribution is 2.22. The topological polar surface area (TPSA) is 55.2 Å². The largest absolute Gasteiger partial charge is 0.380 e. The molecule has 0 radical (unpaired) electrons. The molecule has 0 aromatic heterocycles. The Morgan fingerprint density at radius 2 is 1.93 bits per heavy atom. The molecule has 1 aromatic rings. The molecular formula is C10H13FN2O2. The second-order valence-corrected chi connectivity index (χ2v) is 4.33. The van der Waals surface area contributed by atoms with Gasteiger partial charge in [-0.05, 0) is 26.8 Å². The third kappa shape index (κ3) is 3.53. The Labute approximate surface area is 87.3 Å². The SMILES string of the molecule is CC(C)(C)Nc1cc(F)cc([N+](=O)[O-])c1. The van der Waals surface area contributed by atoms with Gasteiger partial charge in [0.2, 0.25) is 0 Å². The second kappa shape index (κ2) is 3.84. The minimum Gasteiger partial charge on any atom is -0.380 e. The lowest BCUT2D eigenvalue weighted by atomic mass is 10.1. The number of nitro groups is 1. The lowest BCUT2D eigenvalue weighted by Gasteiger charge is -2.21. The average Bonchev–Trinajstić information content (AvgIpc) is 1.99. The molecule has 1 rings (SSSR count). The second-order valence-electron chi connectivity index (χ2n) is 4.33. The molecule has 82 valence electrons. The van der Waals surface area contributed by atoms with Gasteiger partial charge in [0, 0.05) is 17.3 Å². The van der Waals surface area contributed by atoms with Crippen LogP contribution in [0.4, 0.5) is 15.8 Å². The van der Waals surface area contributed by atoms with E-state index in [9.17, 15) is 14.5 Å². The predicted molar refractivity (Wildman–Crippen MR) is 56.4 cm³/mol. The Balaban J connectivity index is 3.04. The number of hydrogen-bond acceptors (Lipinski definition) is 3. The van der Waals surface area contributed by atoms with Crippen molar-refractivity contribution in [3.05, 3.63) is 34.1 Å². The van der Waals surface area contributed by atoms with E-state index in [-0.39, 0.29) is 11.2 Å². The molecule has 0 fully saturated rings. The number of hydrogen-bond donors (Lipinski definition) is 1. The van der Waals surface area contributed by atoms with Gasteiger partial charge in [0.05, 0.1) is 11.0 Å². The summed E-state index contributed by atoms with van der Waals surface area (Å²) in [6.07, 6.45) is 0. The van der Waals surface area contributed by atoms with E-state index in [0.717, 1.165) is 6.07 Å². The minimum absolute atomic E-state index is 0.248. The maximum absolute atomic E-state index is 13.0. The molecule has 0 bridgehead atoms. The lowest BCUT2D eigenvalue weighted by Crippen LogP contribution is -2.26. The highest BCUT2D eigenvalue weighted by Gasteiger charge is 2.14. The molecule has 1 N–H and O–H groups in total. The first-order valence-electron chi connectivity index (χ1n) is 4.51. The van der Waals surface area contributed by atoms with Gasteiger partial charge in [0.15, 0.2) is 0 Å². The lowest BCUT2D eigenvalue weighted by molar-refractivity contribution is -0.385. The molecule has 4 nitrogen and oxygen atoms in total. The van der Waals surface area contributed by atoms with E-state index in [0.29, 0.717) is 5.69 Å². The van der Waals surface area contributed by atoms with Crippen LogP contribution in [0.1, 0.15) is 20.8 Å². The zero-order valence-electron chi connectivity index (χ0n) is 8.87. The minimum atomic E-state index is -0.615. The van der Waals surface area contributed by atoms with E-state index in [1.54, 1.807) is 0 Å². The first-order valence-corrected chi connectivity index (χ1v) is 4.51. The molecule has 0 heterocycles. The highest BCUT2D eigenvalue weighted by atomic mass is 19.1. The predicted octanol–water partition coefficient (Wildman–Crippen LogP) is 2.94. The molecule has 0 saturated heterocycles. The molecule has 0 saturated carbocycles. The quantitative estimate of drug-likeness (QED) is 0.605. The van der Waals surface area contributed by atoms with Crippen LogP contribution in [-0.4, -0.2) is 10.5 Å². The summed E-state index contributed by atoms with van der Waals surface area (Å²) in [6, 6.07) is 3.44. The van der Waals surface area contributed by atoms with E-state index in [1.807, 2.05) is 20.8 Å². The van der Waals surface area contributed by atoms with Gasteiger partial charge in [-0.3, -0.25) is 10.1 Å². The van der Waals surface area contributed by atoms with Gasteiger partial charge in [-0.2, -0.15) is 0 Å². The summed E-state index contributed by atoms with van der Waals surface area (Å²) in [7, 11) is 0. The summed E-state index contributed by atoms with van der Waals surface area (Å²) in [5, 5.41) is 13.5. The summed E-state index contributed by atoms with van der Waals surface area (Å²) in [6.45, 7) is 5.68. The number of nitrogens with one attached hydrogen (secondary N) is 1. The molecule has 0 atom stereocenters. The number of nitro benzene ring substituents is 1. The van der Waals surface area contributed by atoms with Gasteiger partial charge in [0.25, 0.3) is 5.69 Å². The van der Waals surface area contributed by atoms with Crippen molar-refractivity contribution in [2.45, 2.75) is 26.3 Å². The van der Waals surface area contributed by atoms with Gasteiger partial charge in [-0.15, -0.1) is 0 Å². The molecule has 15 heavy (non-hydrogen) atoms. The summed E-state index contributed by atoms with van der Waals surface area (Å²) in [4.78, 5) is 9.87. The van der Waals surface area contributed by atoms with Crippen LogP contribution < -0.4 is 5.32 Å². The summed E-state index contributed by atoms with van der Waals surface area (Å²) in [5.41, 5.74) is -0.0993. The fourth-order valence-corrected chi connectivity index (χ4v) is 1.18. The molecule has 0 spiro atoms. The molecular weight excluding hydrogens is 199 g/mol. The number of nitrogens with zero attached hydrogens (tertiary/aromatic N) is 1. The van der Waals surface area contributed by atoms with E-state index in [2.05, 4.69) is 5.32 Å². The van der Waals surface area contributed by atoms with Crippen LogP contribution in [0, 0.1) is 15.9 Å². The maximum Gasteiger partial charge on any atom is 0.274 e. The molecule has 0 unspecified atom stereocenters. The third-order valence-corrected chi connectivity index (χ3v) is 1.61. The molecule has 0 amide bonds. The average molecular weight is 212 g/mol. The third-order valence-electron chi connectivity index (χ3n) is 1.61. The van der Waals surface area contributed by atoms with Crippen molar-refractivity contribution >= 4 is 11.4 Å². The summed E-state index contributed by atoms with van der Waals surface area (Å²) in [5.74, 6) is -0.615. The van der Waals surface area contributed by atoms with Crippen LogP contribution in [0.15, 0.2) is 18.2 Å². The standard InChI is InChI=1S/C10H13FN2O2/c1-10(2,3)12-8-4-7(11)5-9(6-8)13(14)15/h4-6,12H,1-3H3. The Hall–Kier alpha value is -1.65. The van der Waals surface area contributed by atoms with E-state index >= 15 is 0 Å². The van der Waals surface area contributed by atoms with E-state index < -0.39 is 10.7 Å². The van der Waals surface area contributed by atoms with Crippen molar-refractivity contribution in [2.24, 2.45) is 0 Å². The smallest absolute Gasteiger partial charge is 0.274 e. The monoisotopic (exact) mass is 212 g/mol. The molecule has 1 aromatic carbocycles. The number of anilines is 1. The van der Waals surface area contributed by atoms with Crippen LogP contribution in [0.3, 0.4) is 0 Å². The highest BCUT2D eigenvalue weighted by molar-refractivity contribution is 5.52. The normalized spacial score (nSPS) is 11.2. The number of benzene rings is 1. The van der Waals surface area contributed by atoms with Crippen molar-refractivity contribution < 1.29 is 9.31 Å². The van der Waals surface area contributed by atoms with Crippen LogP contribution in [-0.2, 0) is 0 Å². The first kappa shape index (κ1) is 11.4. The van der Waals surface area contributed by atoms with Crippen molar-refractivity contribution in [1.29, 1.82) is 0 Å². The number of halogens is 1. The van der Waals surface area contributed by atoms with Crippen molar-refractivity contribution in [3.8, 4) is 0 Å². The Bertz CT molecular complexity index is 385. The fraction of sp³-hybridized carbons (Fsp3) is 0.400. The van der Waals surface area contributed by atoms with E-state index in [4.69, 9.17) is 0 Å². The van der Waals surface area contributed by atoms with Crippen LogP contribution in [0.5, 0.6) is 0 Å². The number of non-ortho nitro benzene ring substituents is 1. The van der Waals surface area contributed by atoms with Gasteiger partial charge < -0.3 is 5.32 Å². The van der Waals surface area contributed by atoms with Gasteiger partial charge in [0.1, 0.15) is 5.82 Å². The molecule has 0 aliphatic carbocycles. The van der Waals surface area contributed by atoms with Crippen molar-refractivity contribution in [2.75, 3.05) is 5.32 Å². The van der Waals surface area contributed by atoms with Gasteiger partial charge in [-0.1, -0.05) is 0 Å². The first-order chi connectivity index (χ1) is 6.78. The Kier molecular flexibility index (Phi) is 2.93. The Morgan fingerprint density at radius 3 is 2.40 bits per heavy atom. The number of rotatable bonds is 2. The van der Waals surface area contributed by atoms with Crippen LogP contribution in [0.2, 0.25) is 0 Å². The zero-order chi connectivity index (χ0) is 11.6. The Morgan fingerprint density at radius 1 is 1.33 bits per heavy atom.